The molecule has 5 heteroatoms. The second-order valence-electron chi connectivity index (χ2n) is 6.83. The van der Waals surface area contributed by atoms with Gasteiger partial charge in [0.05, 0.1) is 13.0 Å². The van der Waals surface area contributed by atoms with Gasteiger partial charge in [-0.2, -0.15) is 0 Å². The summed E-state index contributed by atoms with van der Waals surface area (Å²) in [5.41, 5.74) is 0. The van der Waals surface area contributed by atoms with Crippen molar-refractivity contribution in [3.63, 3.8) is 0 Å². The molecule has 0 atom stereocenters. The van der Waals surface area contributed by atoms with Crippen LogP contribution >= 0.6 is 0 Å². The number of amides is 1. The highest BCUT2D eigenvalue weighted by atomic mass is 16.4. The Kier molecular flexibility index (Phi) is 5.62. The van der Waals surface area contributed by atoms with E-state index in [2.05, 4.69) is 11.8 Å². The zero-order valence-corrected chi connectivity index (χ0v) is 13.3. The van der Waals surface area contributed by atoms with Crippen LogP contribution in [0.3, 0.4) is 0 Å². The van der Waals surface area contributed by atoms with E-state index in [1.54, 1.807) is 0 Å². The van der Waals surface area contributed by atoms with E-state index in [4.69, 9.17) is 5.11 Å². The molecule has 2 rings (SSSR count). The Morgan fingerprint density at radius 3 is 2.05 bits per heavy atom. The van der Waals surface area contributed by atoms with Gasteiger partial charge in [0, 0.05) is 18.6 Å². The molecule has 5 nitrogen and oxygen atoms in total. The second-order valence-corrected chi connectivity index (χ2v) is 6.83. The summed E-state index contributed by atoms with van der Waals surface area (Å²) in [7, 11) is 1.83. The summed E-state index contributed by atoms with van der Waals surface area (Å²) in [5.74, 6) is 0.162. The van der Waals surface area contributed by atoms with Crippen LogP contribution in [0, 0.1) is 5.92 Å². The maximum atomic E-state index is 12.6. The number of carbonyl (C=O) groups excluding carboxylic acids is 1. The molecule has 0 aliphatic heterocycles. The van der Waals surface area contributed by atoms with Gasteiger partial charge in [0.25, 0.3) is 0 Å². The van der Waals surface area contributed by atoms with Gasteiger partial charge < -0.3 is 10.0 Å². The van der Waals surface area contributed by atoms with E-state index < -0.39 is 5.97 Å². The third kappa shape index (κ3) is 4.99. The average Bonchev–Trinajstić information content (AvgIpc) is 3.23. The van der Waals surface area contributed by atoms with Crippen molar-refractivity contribution in [1.82, 2.24) is 9.80 Å². The molecule has 120 valence electrons. The number of nitrogens with zero attached hydrogens (tertiary/aromatic N) is 2. The number of hydrogen-bond acceptors (Lipinski definition) is 3. The number of carbonyl (C=O) groups is 2. The molecule has 0 aromatic carbocycles. The molecule has 2 saturated carbocycles. The quantitative estimate of drug-likeness (QED) is 0.780. The minimum atomic E-state index is -0.811. The Labute approximate surface area is 127 Å². The zero-order chi connectivity index (χ0) is 15.4. The van der Waals surface area contributed by atoms with E-state index in [0.717, 1.165) is 31.6 Å². The number of hydrogen-bond donors (Lipinski definition) is 1. The molecule has 21 heavy (non-hydrogen) atoms. The Morgan fingerprint density at radius 2 is 1.57 bits per heavy atom. The summed E-state index contributed by atoms with van der Waals surface area (Å²) in [6.07, 6.45) is 7.05. The predicted molar refractivity (Wildman–Crippen MR) is 81.0 cm³/mol. The van der Waals surface area contributed by atoms with Crippen molar-refractivity contribution in [2.75, 3.05) is 20.1 Å². The minimum Gasteiger partial charge on any atom is -0.481 e. The summed E-state index contributed by atoms with van der Waals surface area (Å²) >= 11 is 0. The zero-order valence-electron chi connectivity index (χ0n) is 13.3. The highest BCUT2D eigenvalue weighted by Crippen LogP contribution is 2.35. The molecule has 0 spiro atoms. The largest absolute Gasteiger partial charge is 0.481 e. The van der Waals surface area contributed by atoms with E-state index in [0.29, 0.717) is 25.2 Å². The number of rotatable bonds is 7. The molecule has 0 aromatic heterocycles. The van der Waals surface area contributed by atoms with Crippen LogP contribution in [0.2, 0.25) is 0 Å². The fourth-order valence-electron chi connectivity index (χ4n) is 3.26. The smallest absolute Gasteiger partial charge is 0.304 e. The van der Waals surface area contributed by atoms with Crippen LogP contribution in [-0.4, -0.2) is 59.0 Å². The lowest BCUT2D eigenvalue weighted by atomic mass is 9.86. The lowest BCUT2D eigenvalue weighted by molar-refractivity contribution is -0.139. The van der Waals surface area contributed by atoms with E-state index in [1.165, 1.54) is 12.8 Å². The molecular formula is C16H28N2O3. The Hall–Kier alpha value is -1.10. The first-order chi connectivity index (χ1) is 9.97. The molecule has 0 aromatic rings. The third-order valence-corrected chi connectivity index (χ3v) is 4.72. The molecular weight excluding hydrogens is 268 g/mol. The van der Waals surface area contributed by atoms with E-state index in [-0.39, 0.29) is 12.3 Å². The molecule has 1 amide bonds. The fraction of sp³-hybridized carbons (Fsp3) is 0.875. The van der Waals surface area contributed by atoms with Crippen molar-refractivity contribution >= 4 is 11.9 Å². The molecule has 0 bridgehead atoms. The fourth-order valence-corrected chi connectivity index (χ4v) is 3.26. The van der Waals surface area contributed by atoms with Crippen molar-refractivity contribution in [2.45, 2.75) is 64.0 Å². The normalized spacial score (nSPS) is 25.9. The lowest BCUT2D eigenvalue weighted by Crippen LogP contribution is -2.47. The SMILES string of the molecule is CC1CCC(N(C(=O)CN(C)CCC(=O)O)C2CC2)CC1. The van der Waals surface area contributed by atoms with E-state index in [1.807, 2.05) is 11.9 Å². The number of carboxylic acids is 1. The monoisotopic (exact) mass is 296 g/mol. The molecule has 2 fully saturated rings. The van der Waals surface area contributed by atoms with Crippen molar-refractivity contribution < 1.29 is 14.7 Å². The van der Waals surface area contributed by atoms with Crippen LogP contribution in [0.25, 0.3) is 0 Å². The van der Waals surface area contributed by atoms with Gasteiger partial charge in [-0.25, -0.2) is 0 Å². The van der Waals surface area contributed by atoms with Gasteiger partial charge in [-0.05, 0) is 51.5 Å². The predicted octanol–water partition coefficient (Wildman–Crippen LogP) is 1.96. The summed E-state index contributed by atoms with van der Waals surface area (Å²) in [4.78, 5) is 27.2. The first kappa shape index (κ1) is 16.3. The van der Waals surface area contributed by atoms with Crippen LogP contribution in [0.5, 0.6) is 0 Å². The van der Waals surface area contributed by atoms with Gasteiger partial charge in [0.2, 0.25) is 5.91 Å². The highest BCUT2D eigenvalue weighted by molar-refractivity contribution is 5.79. The van der Waals surface area contributed by atoms with Crippen LogP contribution in [0.15, 0.2) is 0 Å². The Morgan fingerprint density at radius 1 is 1.05 bits per heavy atom. The van der Waals surface area contributed by atoms with Crippen LogP contribution in [-0.2, 0) is 9.59 Å². The molecule has 0 saturated heterocycles. The van der Waals surface area contributed by atoms with Gasteiger partial charge in [-0.15, -0.1) is 0 Å². The summed E-state index contributed by atoms with van der Waals surface area (Å²) < 4.78 is 0. The summed E-state index contributed by atoms with van der Waals surface area (Å²) in [5, 5.41) is 8.71. The van der Waals surface area contributed by atoms with Gasteiger partial charge in [-0.1, -0.05) is 6.92 Å². The topological polar surface area (TPSA) is 60.9 Å². The van der Waals surface area contributed by atoms with Crippen molar-refractivity contribution in [3.05, 3.63) is 0 Å². The van der Waals surface area contributed by atoms with Gasteiger partial charge >= 0.3 is 5.97 Å². The molecule has 0 radical (unpaired) electrons. The molecule has 2 aliphatic rings. The first-order valence-corrected chi connectivity index (χ1v) is 8.19. The summed E-state index contributed by atoms with van der Waals surface area (Å²) in [6, 6.07) is 0.859. The maximum Gasteiger partial charge on any atom is 0.304 e. The van der Waals surface area contributed by atoms with E-state index >= 15 is 0 Å². The van der Waals surface area contributed by atoms with Crippen molar-refractivity contribution in [3.8, 4) is 0 Å². The molecule has 0 unspecified atom stereocenters. The van der Waals surface area contributed by atoms with Gasteiger partial charge in [-0.3, -0.25) is 14.5 Å². The van der Waals surface area contributed by atoms with Crippen LogP contribution in [0.4, 0.5) is 0 Å². The number of aliphatic carboxylic acids is 1. The summed E-state index contributed by atoms with van der Waals surface area (Å²) in [6.45, 7) is 3.07. The Bertz CT molecular complexity index is 374. The van der Waals surface area contributed by atoms with Crippen molar-refractivity contribution in [1.29, 1.82) is 0 Å². The third-order valence-electron chi connectivity index (χ3n) is 4.72. The molecule has 1 N–H and O–H groups in total. The lowest BCUT2D eigenvalue weighted by Gasteiger charge is -2.37. The standard InChI is InChI=1S/C16H28N2O3/c1-12-3-5-13(6-4-12)18(14-7-8-14)15(19)11-17(2)10-9-16(20)21/h12-14H,3-11H2,1-2H3,(H,20,21). The van der Waals surface area contributed by atoms with E-state index in [9.17, 15) is 9.59 Å². The number of likely N-dealkylation sites (N-methyl/N-ethyl adjacent to an activating group) is 1. The molecule has 0 heterocycles. The van der Waals surface area contributed by atoms with Gasteiger partial charge in [0.1, 0.15) is 0 Å². The molecule has 2 aliphatic carbocycles. The average molecular weight is 296 g/mol. The van der Waals surface area contributed by atoms with Gasteiger partial charge in [0.15, 0.2) is 0 Å². The highest BCUT2D eigenvalue weighted by Gasteiger charge is 2.38. The van der Waals surface area contributed by atoms with Crippen LogP contribution < -0.4 is 0 Å². The number of carboxylic acid groups (broad SMARTS) is 1. The maximum absolute atomic E-state index is 12.6. The first-order valence-electron chi connectivity index (χ1n) is 8.19. The van der Waals surface area contributed by atoms with Crippen LogP contribution in [0.1, 0.15) is 51.9 Å². The Balaban J connectivity index is 1.86. The minimum absolute atomic E-state index is 0.0914. The van der Waals surface area contributed by atoms with Crippen molar-refractivity contribution in [2.24, 2.45) is 5.92 Å². The second kappa shape index (κ2) is 7.25.